The molecule has 1 heterocycles. The van der Waals surface area contributed by atoms with Crippen LogP contribution in [0.2, 0.25) is 6.04 Å². The summed E-state index contributed by atoms with van der Waals surface area (Å²) in [5, 5.41) is 3.39. The molecule has 0 aromatic carbocycles. The molecule has 2 atom stereocenters. The number of morpholine rings is 1. The number of hydrogen-bond donors (Lipinski definition) is 1. The zero-order valence-corrected chi connectivity index (χ0v) is 11.7. The molecule has 0 aliphatic carbocycles. The molecule has 1 aliphatic heterocycles. The highest BCUT2D eigenvalue weighted by molar-refractivity contribution is 6.53. The van der Waals surface area contributed by atoms with E-state index in [9.17, 15) is 0 Å². The van der Waals surface area contributed by atoms with Crippen molar-refractivity contribution in [2.75, 3.05) is 19.7 Å². The molecule has 0 radical (unpaired) electrons. The fourth-order valence-corrected chi connectivity index (χ4v) is 4.78. The van der Waals surface area contributed by atoms with Crippen LogP contribution < -0.4 is 5.32 Å². The summed E-state index contributed by atoms with van der Waals surface area (Å²) in [6, 6.07) is 1.21. The van der Waals surface area contributed by atoms with Gasteiger partial charge in [0.25, 0.3) is 0 Å². The summed E-state index contributed by atoms with van der Waals surface area (Å²) >= 11 is 0. The number of rotatable bonds is 4. The van der Waals surface area contributed by atoms with Gasteiger partial charge >= 0.3 is 0 Å². The standard InChI is InChI=1S/C11H25NO2Si/c1-5-8-15(14-11(2,3)4)10-9-12-6-7-13-10/h10,12,15H,5-9H2,1-4H3. The third kappa shape index (κ3) is 5.11. The van der Waals surface area contributed by atoms with Crippen molar-refractivity contribution >= 4 is 9.04 Å². The van der Waals surface area contributed by atoms with Gasteiger partial charge < -0.3 is 14.5 Å². The Kier molecular flexibility index (Phi) is 5.25. The van der Waals surface area contributed by atoms with Gasteiger partial charge in [0, 0.05) is 18.7 Å². The lowest BCUT2D eigenvalue weighted by atomic mass is 10.2. The number of nitrogens with one attached hydrogen (secondary N) is 1. The molecule has 0 amide bonds. The van der Waals surface area contributed by atoms with Crippen LogP contribution in [0.5, 0.6) is 0 Å². The van der Waals surface area contributed by atoms with Gasteiger partial charge in [0.15, 0.2) is 0 Å². The van der Waals surface area contributed by atoms with Gasteiger partial charge in [-0.1, -0.05) is 13.3 Å². The summed E-state index contributed by atoms with van der Waals surface area (Å²) in [5.41, 5.74) is 0.338. The molecule has 1 N–H and O–H groups in total. The van der Waals surface area contributed by atoms with Crippen molar-refractivity contribution in [2.45, 2.75) is 51.5 Å². The molecule has 0 aromatic rings. The monoisotopic (exact) mass is 231 g/mol. The Hall–Kier alpha value is 0.0969. The molecule has 15 heavy (non-hydrogen) atoms. The van der Waals surface area contributed by atoms with E-state index in [0.717, 1.165) is 19.7 Å². The quantitative estimate of drug-likeness (QED) is 0.743. The van der Waals surface area contributed by atoms with Crippen molar-refractivity contribution in [1.82, 2.24) is 5.32 Å². The van der Waals surface area contributed by atoms with Crippen LogP contribution in [-0.2, 0) is 9.16 Å². The topological polar surface area (TPSA) is 30.5 Å². The molecular weight excluding hydrogens is 206 g/mol. The first-order valence-corrected chi connectivity index (χ1v) is 7.98. The van der Waals surface area contributed by atoms with E-state index in [1.165, 1.54) is 12.5 Å². The maximum atomic E-state index is 6.19. The van der Waals surface area contributed by atoms with E-state index >= 15 is 0 Å². The summed E-state index contributed by atoms with van der Waals surface area (Å²) in [6.07, 6.45) is 1.20. The first-order valence-electron chi connectivity index (χ1n) is 6.03. The fourth-order valence-electron chi connectivity index (χ4n) is 1.88. The lowest BCUT2D eigenvalue weighted by molar-refractivity contribution is 0.0422. The average Bonchev–Trinajstić information content (AvgIpc) is 2.17. The molecule has 1 saturated heterocycles. The van der Waals surface area contributed by atoms with Crippen molar-refractivity contribution in [1.29, 1.82) is 0 Å². The summed E-state index contributed by atoms with van der Waals surface area (Å²) in [6.45, 7) is 11.4. The summed E-state index contributed by atoms with van der Waals surface area (Å²) in [5.74, 6) is 0. The Labute approximate surface area is 95.3 Å². The van der Waals surface area contributed by atoms with Gasteiger partial charge in [-0.25, -0.2) is 0 Å². The van der Waals surface area contributed by atoms with E-state index in [1.807, 2.05) is 0 Å². The highest BCUT2D eigenvalue weighted by Gasteiger charge is 2.30. The predicted octanol–water partition coefficient (Wildman–Crippen LogP) is 1.46. The molecule has 2 unspecified atom stereocenters. The molecule has 0 saturated carbocycles. The third-order valence-electron chi connectivity index (χ3n) is 2.45. The molecule has 3 nitrogen and oxygen atoms in total. The van der Waals surface area contributed by atoms with Gasteiger partial charge in [0.1, 0.15) is 0 Å². The van der Waals surface area contributed by atoms with Crippen LogP contribution >= 0.6 is 0 Å². The highest BCUT2D eigenvalue weighted by atomic mass is 28.3. The van der Waals surface area contributed by atoms with Crippen molar-refractivity contribution in [2.24, 2.45) is 0 Å². The van der Waals surface area contributed by atoms with Crippen molar-refractivity contribution in [3.8, 4) is 0 Å². The van der Waals surface area contributed by atoms with Gasteiger partial charge in [-0.05, 0) is 26.8 Å². The normalized spacial score (nSPS) is 25.2. The van der Waals surface area contributed by atoms with Gasteiger partial charge in [-0.15, -0.1) is 0 Å². The Bertz CT molecular complexity index is 176. The highest BCUT2D eigenvalue weighted by Crippen LogP contribution is 2.17. The van der Waals surface area contributed by atoms with E-state index in [4.69, 9.17) is 9.16 Å². The van der Waals surface area contributed by atoms with Gasteiger partial charge in [-0.3, -0.25) is 0 Å². The van der Waals surface area contributed by atoms with Gasteiger partial charge in [-0.2, -0.15) is 0 Å². The fraction of sp³-hybridized carbons (Fsp3) is 1.00. The van der Waals surface area contributed by atoms with Crippen LogP contribution in [-0.4, -0.2) is 40.1 Å². The van der Waals surface area contributed by atoms with Crippen LogP contribution in [0.4, 0.5) is 0 Å². The average molecular weight is 231 g/mol. The largest absolute Gasteiger partial charge is 0.413 e. The Balaban J connectivity index is 2.47. The minimum absolute atomic E-state index is 0.0210. The smallest absolute Gasteiger partial charge is 0.207 e. The van der Waals surface area contributed by atoms with E-state index in [1.54, 1.807) is 0 Å². The molecule has 0 spiro atoms. The number of ether oxygens (including phenoxy) is 1. The van der Waals surface area contributed by atoms with E-state index < -0.39 is 9.04 Å². The van der Waals surface area contributed by atoms with Crippen LogP contribution in [0.3, 0.4) is 0 Å². The zero-order chi connectivity index (χ0) is 11.3. The first-order chi connectivity index (χ1) is 7.03. The second-order valence-electron chi connectivity index (χ2n) is 5.17. The number of hydrogen-bond acceptors (Lipinski definition) is 3. The Morgan fingerprint density at radius 3 is 2.67 bits per heavy atom. The van der Waals surface area contributed by atoms with Crippen LogP contribution in [0, 0.1) is 0 Å². The van der Waals surface area contributed by atoms with Crippen LogP contribution in [0.25, 0.3) is 0 Å². The SMILES string of the molecule is CCC[SiH](OC(C)(C)C)C1CNCCO1. The summed E-state index contributed by atoms with van der Waals surface area (Å²) < 4.78 is 12.0. The lowest BCUT2D eigenvalue weighted by Crippen LogP contribution is -2.50. The molecule has 90 valence electrons. The predicted molar refractivity (Wildman–Crippen MR) is 65.7 cm³/mol. The van der Waals surface area contributed by atoms with Crippen molar-refractivity contribution in [3.63, 3.8) is 0 Å². The van der Waals surface area contributed by atoms with Crippen LogP contribution in [0.1, 0.15) is 34.1 Å². The molecule has 0 aromatic heterocycles. The molecule has 4 heteroatoms. The maximum absolute atomic E-state index is 6.19. The third-order valence-corrected chi connectivity index (χ3v) is 5.86. The lowest BCUT2D eigenvalue weighted by Gasteiger charge is -2.34. The first kappa shape index (κ1) is 13.2. The van der Waals surface area contributed by atoms with Crippen molar-refractivity contribution < 1.29 is 9.16 Å². The van der Waals surface area contributed by atoms with Gasteiger partial charge in [0.2, 0.25) is 9.04 Å². The van der Waals surface area contributed by atoms with E-state index in [-0.39, 0.29) is 5.60 Å². The van der Waals surface area contributed by atoms with Crippen LogP contribution in [0.15, 0.2) is 0 Å². The maximum Gasteiger partial charge on any atom is 0.207 e. The van der Waals surface area contributed by atoms with E-state index in [2.05, 4.69) is 33.0 Å². The molecular formula is C11H25NO2Si. The molecule has 0 bridgehead atoms. The second kappa shape index (κ2) is 5.99. The molecule has 1 rings (SSSR count). The second-order valence-corrected chi connectivity index (χ2v) is 7.80. The summed E-state index contributed by atoms with van der Waals surface area (Å²) in [4.78, 5) is 0. The van der Waals surface area contributed by atoms with Crippen molar-refractivity contribution in [3.05, 3.63) is 0 Å². The Morgan fingerprint density at radius 1 is 1.47 bits per heavy atom. The van der Waals surface area contributed by atoms with E-state index in [0.29, 0.717) is 5.73 Å². The molecule has 1 aliphatic rings. The molecule has 1 fully saturated rings. The summed E-state index contributed by atoms with van der Waals surface area (Å²) in [7, 11) is -1.22. The minimum Gasteiger partial charge on any atom is -0.413 e. The Morgan fingerprint density at radius 2 is 2.20 bits per heavy atom. The minimum atomic E-state index is -1.22. The zero-order valence-electron chi connectivity index (χ0n) is 10.5. The van der Waals surface area contributed by atoms with Gasteiger partial charge in [0.05, 0.1) is 12.3 Å².